The first kappa shape index (κ1) is 18.6. The Bertz CT molecular complexity index is 464. The molecule has 0 bridgehead atoms. The van der Waals surface area contributed by atoms with E-state index in [1.54, 1.807) is 7.05 Å². The molecule has 1 aromatic heterocycles. The van der Waals surface area contributed by atoms with Crippen molar-refractivity contribution in [2.75, 3.05) is 13.6 Å². The third-order valence-corrected chi connectivity index (χ3v) is 4.38. The van der Waals surface area contributed by atoms with Gasteiger partial charge < -0.3 is 5.73 Å². The molecule has 22 heavy (non-hydrogen) atoms. The van der Waals surface area contributed by atoms with E-state index in [9.17, 15) is 4.79 Å². The quantitative estimate of drug-likeness (QED) is 0.611. The number of aromatic nitrogens is 1. The number of carbonyl (C=O) groups is 1. The van der Waals surface area contributed by atoms with Crippen LogP contribution in [0, 0.1) is 18.8 Å². The van der Waals surface area contributed by atoms with Gasteiger partial charge in [-0.25, -0.2) is 5.43 Å². The minimum Gasteiger partial charge on any atom is -0.330 e. The van der Waals surface area contributed by atoms with Gasteiger partial charge in [-0.05, 0) is 56.2 Å². The lowest BCUT2D eigenvalue weighted by atomic mass is 9.83. The van der Waals surface area contributed by atoms with Gasteiger partial charge in [0, 0.05) is 24.9 Å². The number of nitrogens with one attached hydrogen (secondary N) is 2. The van der Waals surface area contributed by atoms with Gasteiger partial charge in [0.1, 0.15) is 0 Å². The second-order valence-electron chi connectivity index (χ2n) is 6.06. The zero-order valence-electron chi connectivity index (χ0n) is 14.2. The van der Waals surface area contributed by atoms with E-state index in [2.05, 4.69) is 35.7 Å². The molecule has 1 aromatic rings. The lowest BCUT2D eigenvalue weighted by Crippen LogP contribution is -2.41. The van der Waals surface area contributed by atoms with Gasteiger partial charge in [0.25, 0.3) is 0 Å². The maximum absolute atomic E-state index is 12.2. The molecule has 0 saturated carbocycles. The van der Waals surface area contributed by atoms with Crippen molar-refractivity contribution < 1.29 is 4.79 Å². The summed E-state index contributed by atoms with van der Waals surface area (Å²) in [5, 5.41) is 0. The van der Waals surface area contributed by atoms with E-state index in [1.165, 1.54) is 5.56 Å². The van der Waals surface area contributed by atoms with Crippen LogP contribution in [-0.4, -0.2) is 24.5 Å². The second kappa shape index (κ2) is 9.54. The number of rotatable bonds is 9. The van der Waals surface area contributed by atoms with Crippen LogP contribution in [-0.2, 0) is 4.79 Å². The highest BCUT2D eigenvalue weighted by molar-refractivity contribution is 5.78. The molecule has 0 aliphatic heterocycles. The van der Waals surface area contributed by atoms with Gasteiger partial charge in [-0.15, -0.1) is 0 Å². The first-order chi connectivity index (χ1) is 10.5. The van der Waals surface area contributed by atoms with E-state index in [0.29, 0.717) is 12.5 Å². The Morgan fingerprint density at radius 1 is 1.32 bits per heavy atom. The summed E-state index contributed by atoms with van der Waals surface area (Å²) in [5.41, 5.74) is 13.4. The normalized spacial score (nSPS) is 15.1. The maximum atomic E-state index is 12.2. The minimum atomic E-state index is -0.0181. The largest absolute Gasteiger partial charge is 0.330 e. The number of nitrogens with two attached hydrogens (primary N) is 1. The highest BCUT2D eigenvalue weighted by atomic mass is 16.2. The molecule has 0 saturated heterocycles. The van der Waals surface area contributed by atoms with Crippen molar-refractivity contribution in [1.82, 2.24) is 15.8 Å². The van der Waals surface area contributed by atoms with Crippen molar-refractivity contribution in [3.05, 3.63) is 29.6 Å². The molecule has 5 heteroatoms. The van der Waals surface area contributed by atoms with Crippen LogP contribution in [0.4, 0.5) is 0 Å². The molecule has 5 nitrogen and oxygen atoms in total. The fourth-order valence-electron chi connectivity index (χ4n) is 2.96. The average Bonchev–Trinajstić information content (AvgIpc) is 2.48. The number of amides is 1. The van der Waals surface area contributed by atoms with Gasteiger partial charge in [-0.1, -0.05) is 19.9 Å². The van der Waals surface area contributed by atoms with Crippen molar-refractivity contribution >= 4 is 5.91 Å². The minimum absolute atomic E-state index is 0.0181. The summed E-state index contributed by atoms with van der Waals surface area (Å²) in [6.45, 7) is 6.95. The molecular formula is C17H30N4O. The summed E-state index contributed by atoms with van der Waals surface area (Å²) >= 11 is 0. The molecule has 0 radical (unpaired) electrons. The number of aryl methyl sites for hydroxylation is 1. The number of hydrogen-bond acceptors (Lipinski definition) is 4. The molecule has 0 aliphatic carbocycles. The van der Waals surface area contributed by atoms with Gasteiger partial charge in [0.2, 0.25) is 5.91 Å². The van der Waals surface area contributed by atoms with E-state index in [0.717, 1.165) is 25.0 Å². The van der Waals surface area contributed by atoms with Gasteiger partial charge in [0.15, 0.2) is 0 Å². The molecule has 0 aliphatic rings. The highest BCUT2D eigenvalue weighted by Crippen LogP contribution is 2.28. The Morgan fingerprint density at radius 3 is 2.64 bits per heavy atom. The third kappa shape index (κ3) is 5.39. The Morgan fingerprint density at radius 2 is 2.05 bits per heavy atom. The summed E-state index contributed by atoms with van der Waals surface area (Å²) in [7, 11) is 1.71. The molecule has 3 atom stereocenters. The summed E-state index contributed by atoms with van der Waals surface area (Å²) in [5.74, 6) is 0.707. The maximum Gasteiger partial charge on any atom is 0.237 e. The first-order valence-electron chi connectivity index (χ1n) is 8.09. The van der Waals surface area contributed by atoms with Gasteiger partial charge in [-0.2, -0.15) is 0 Å². The standard InChI is InChI=1S/C17H30N4O/c1-12(15-6-5-11-20-14(15)3)7-8-16(13(2)9-10-18)17(22)21-19-4/h5-6,11-13,16,19H,7-10,18H2,1-4H3,(H,21,22)/t12-,13?,16?/m0/s1. The molecule has 1 heterocycles. The van der Waals surface area contributed by atoms with Crippen molar-refractivity contribution in [3.63, 3.8) is 0 Å². The van der Waals surface area contributed by atoms with Crippen LogP contribution in [0.15, 0.2) is 18.3 Å². The number of hydrazine groups is 1. The number of pyridine rings is 1. The molecule has 124 valence electrons. The Labute approximate surface area is 134 Å². The summed E-state index contributed by atoms with van der Waals surface area (Å²) < 4.78 is 0. The van der Waals surface area contributed by atoms with E-state index < -0.39 is 0 Å². The van der Waals surface area contributed by atoms with Crippen LogP contribution in [0.1, 0.15) is 50.3 Å². The lowest BCUT2D eigenvalue weighted by molar-refractivity contribution is -0.127. The third-order valence-electron chi connectivity index (χ3n) is 4.38. The monoisotopic (exact) mass is 306 g/mol. The van der Waals surface area contributed by atoms with Crippen LogP contribution < -0.4 is 16.6 Å². The van der Waals surface area contributed by atoms with E-state index in [1.807, 2.05) is 19.2 Å². The van der Waals surface area contributed by atoms with Gasteiger partial charge >= 0.3 is 0 Å². The summed E-state index contributed by atoms with van der Waals surface area (Å²) in [6.07, 6.45) is 4.49. The first-order valence-corrected chi connectivity index (χ1v) is 8.09. The molecular weight excluding hydrogens is 276 g/mol. The summed E-state index contributed by atoms with van der Waals surface area (Å²) in [6, 6.07) is 4.10. The molecule has 0 aromatic carbocycles. The van der Waals surface area contributed by atoms with E-state index in [-0.39, 0.29) is 17.7 Å². The van der Waals surface area contributed by atoms with Crippen molar-refractivity contribution in [3.8, 4) is 0 Å². The Kier molecular flexibility index (Phi) is 8.06. The van der Waals surface area contributed by atoms with Crippen LogP contribution in [0.25, 0.3) is 0 Å². The number of nitrogens with zero attached hydrogens (tertiary/aromatic N) is 1. The van der Waals surface area contributed by atoms with Crippen LogP contribution in [0.5, 0.6) is 0 Å². The van der Waals surface area contributed by atoms with Crippen LogP contribution in [0.2, 0.25) is 0 Å². The molecule has 1 rings (SSSR count). The number of hydrogen-bond donors (Lipinski definition) is 3. The zero-order valence-corrected chi connectivity index (χ0v) is 14.2. The van der Waals surface area contributed by atoms with E-state index in [4.69, 9.17) is 5.73 Å². The predicted molar refractivity (Wildman–Crippen MR) is 90.2 cm³/mol. The predicted octanol–water partition coefficient (Wildman–Crippen LogP) is 2.13. The van der Waals surface area contributed by atoms with Crippen molar-refractivity contribution in [1.29, 1.82) is 0 Å². The molecule has 0 spiro atoms. The SMILES string of the molecule is CNNC(=O)C(CC[C@H](C)c1cccnc1C)C(C)CCN. The fraction of sp³-hybridized carbons (Fsp3) is 0.647. The number of carbonyl (C=O) groups excluding carboxylic acids is 1. The molecule has 2 unspecified atom stereocenters. The Balaban J connectivity index is 2.69. The Hall–Kier alpha value is -1.46. The van der Waals surface area contributed by atoms with Crippen LogP contribution in [0.3, 0.4) is 0 Å². The van der Waals surface area contributed by atoms with Crippen molar-refractivity contribution in [2.45, 2.75) is 46.0 Å². The second-order valence-corrected chi connectivity index (χ2v) is 6.06. The summed E-state index contributed by atoms with van der Waals surface area (Å²) in [4.78, 5) is 16.6. The molecule has 4 N–H and O–H groups in total. The topological polar surface area (TPSA) is 80.0 Å². The van der Waals surface area contributed by atoms with Gasteiger partial charge in [0.05, 0.1) is 0 Å². The molecule has 0 fully saturated rings. The smallest absolute Gasteiger partial charge is 0.237 e. The lowest BCUT2D eigenvalue weighted by Gasteiger charge is -2.24. The zero-order chi connectivity index (χ0) is 16.5. The van der Waals surface area contributed by atoms with E-state index >= 15 is 0 Å². The van der Waals surface area contributed by atoms with Crippen molar-refractivity contribution in [2.24, 2.45) is 17.6 Å². The van der Waals surface area contributed by atoms with Crippen LogP contribution >= 0.6 is 0 Å². The van der Waals surface area contributed by atoms with Gasteiger partial charge in [-0.3, -0.25) is 15.2 Å². The molecule has 1 amide bonds. The average molecular weight is 306 g/mol. The highest BCUT2D eigenvalue weighted by Gasteiger charge is 2.25. The fourth-order valence-corrected chi connectivity index (χ4v) is 2.96.